The zero-order chi connectivity index (χ0) is 8.32. The number of nitrogens with zero attached hydrogens (tertiary/aromatic N) is 1. The SMILES string of the molecule is NS(=O)(=O)ON1CCNCC1. The minimum absolute atomic E-state index is 0.538. The topological polar surface area (TPSA) is 84.7 Å². The van der Waals surface area contributed by atoms with E-state index in [-0.39, 0.29) is 0 Å². The summed E-state index contributed by atoms with van der Waals surface area (Å²) in [5.74, 6) is 0. The van der Waals surface area contributed by atoms with Crippen LogP contribution in [0.15, 0.2) is 0 Å². The second kappa shape index (κ2) is 3.46. The van der Waals surface area contributed by atoms with Crippen LogP contribution in [-0.2, 0) is 14.6 Å². The number of hydrogen-bond acceptors (Lipinski definition) is 5. The lowest BCUT2D eigenvalue weighted by Gasteiger charge is -2.24. The van der Waals surface area contributed by atoms with E-state index in [1.54, 1.807) is 0 Å². The zero-order valence-corrected chi connectivity index (χ0v) is 6.80. The maximum absolute atomic E-state index is 10.4. The molecule has 0 radical (unpaired) electrons. The van der Waals surface area contributed by atoms with Crippen LogP contribution in [-0.4, -0.2) is 39.7 Å². The first-order valence-electron chi connectivity index (χ1n) is 3.26. The van der Waals surface area contributed by atoms with E-state index in [9.17, 15) is 8.42 Å². The molecule has 1 heterocycles. The van der Waals surface area contributed by atoms with Crippen molar-refractivity contribution in [2.75, 3.05) is 26.2 Å². The molecule has 66 valence electrons. The van der Waals surface area contributed by atoms with Gasteiger partial charge < -0.3 is 5.32 Å². The predicted octanol–water partition coefficient (Wildman–Crippen LogP) is -1.97. The van der Waals surface area contributed by atoms with E-state index in [0.29, 0.717) is 13.1 Å². The summed E-state index contributed by atoms with van der Waals surface area (Å²) in [6, 6.07) is 0. The van der Waals surface area contributed by atoms with Crippen LogP contribution >= 0.6 is 0 Å². The monoisotopic (exact) mass is 181 g/mol. The Morgan fingerprint density at radius 2 is 1.91 bits per heavy atom. The molecule has 11 heavy (non-hydrogen) atoms. The molecule has 0 spiro atoms. The summed E-state index contributed by atoms with van der Waals surface area (Å²) in [7, 11) is -3.83. The first-order chi connectivity index (χ1) is 5.08. The number of nitrogens with one attached hydrogen (secondary N) is 1. The zero-order valence-electron chi connectivity index (χ0n) is 5.99. The van der Waals surface area contributed by atoms with Gasteiger partial charge in [-0.15, -0.1) is 0 Å². The third kappa shape index (κ3) is 3.63. The van der Waals surface area contributed by atoms with Crippen molar-refractivity contribution in [3.8, 4) is 0 Å². The van der Waals surface area contributed by atoms with Crippen LogP contribution in [0.25, 0.3) is 0 Å². The largest absolute Gasteiger partial charge is 0.349 e. The molecule has 0 saturated carbocycles. The molecule has 3 N–H and O–H groups in total. The van der Waals surface area contributed by atoms with Gasteiger partial charge in [0.2, 0.25) is 0 Å². The van der Waals surface area contributed by atoms with Crippen molar-refractivity contribution in [2.45, 2.75) is 0 Å². The molecular weight excluding hydrogens is 170 g/mol. The Morgan fingerprint density at radius 1 is 1.36 bits per heavy atom. The van der Waals surface area contributed by atoms with Gasteiger partial charge >= 0.3 is 10.3 Å². The number of piperazine rings is 1. The first-order valence-corrected chi connectivity index (χ1v) is 4.73. The lowest BCUT2D eigenvalue weighted by Crippen LogP contribution is -2.45. The lowest BCUT2D eigenvalue weighted by atomic mass is 10.4. The van der Waals surface area contributed by atoms with Gasteiger partial charge in [0.25, 0.3) is 0 Å². The van der Waals surface area contributed by atoms with Crippen molar-refractivity contribution in [1.82, 2.24) is 10.4 Å². The van der Waals surface area contributed by atoms with Gasteiger partial charge in [0.15, 0.2) is 0 Å². The summed E-state index contributed by atoms with van der Waals surface area (Å²) in [4.78, 5) is 0. The van der Waals surface area contributed by atoms with Gasteiger partial charge in [-0.1, -0.05) is 0 Å². The van der Waals surface area contributed by atoms with Gasteiger partial charge in [-0.05, 0) is 0 Å². The summed E-state index contributed by atoms with van der Waals surface area (Å²) in [5.41, 5.74) is 0. The third-order valence-electron chi connectivity index (χ3n) is 1.29. The molecule has 0 atom stereocenters. The van der Waals surface area contributed by atoms with Gasteiger partial charge in [0.05, 0.1) is 0 Å². The first kappa shape index (κ1) is 8.88. The molecule has 1 aliphatic heterocycles. The molecule has 6 nitrogen and oxygen atoms in total. The van der Waals surface area contributed by atoms with Crippen molar-refractivity contribution >= 4 is 10.3 Å². The van der Waals surface area contributed by atoms with Gasteiger partial charge in [0, 0.05) is 26.2 Å². The molecule has 0 unspecified atom stereocenters. The molecule has 0 aromatic rings. The second-order valence-corrected chi connectivity index (χ2v) is 3.38. The van der Waals surface area contributed by atoms with Crippen LogP contribution in [0.4, 0.5) is 0 Å². The summed E-state index contributed by atoms with van der Waals surface area (Å²) in [6.45, 7) is 2.51. The van der Waals surface area contributed by atoms with Gasteiger partial charge in [-0.25, -0.2) is 5.14 Å². The fourth-order valence-corrected chi connectivity index (χ4v) is 1.31. The fourth-order valence-electron chi connectivity index (χ4n) is 0.866. The summed E-state index contributed by atoms with van der Waals surface area (Å²) < 4.78 is 25.2. The van der Waals surface area contributed by atoms with Crippen LogP contribution in [0.2, 0.25) is 0 Å². The highest BCUT2D eigenvalue weighted by Gasteiger charge is 2.15. The number of hydroxylamine groups is 2. The smallest absolute Gasteiger partial charge is 0.314 e. The molecule has 7 heteroatoms. The van der Waals surface area contributed by atoms with Crippen LogP contribution in [0.1, 0.15) is 0 Å². The minimum Gasteiger partial charge on any atom is -0.314 e. The van der Waals surface area contributed by atoms with Crippen molar-refractivity contribution in [2.24, 2.45) is 5.14 Å². The highest BCUT2D eigenvalue weighted by atomic mass is 32.2. The van der Waals surface area contributed by atoms with Crippen LogP contribution in [0.5, 0.6) is 0 Å². The molecule has 1 rings (SSSR count). The van der Waals surface area contributed by atoms with Crippen molar-refractivity contribution in [3.05, 3.63) is 0 Å². The third-order valence-corrected chi connectivity index (χ3v) is 1.70. The molecule has 1 saturated heterocycles. The maximum Gasteiger partial charge on any atom is 0.349 e. The lowest BCUT2D eigenvalue weighted by molar-refractivity contribution is -0.0596. The van der Waals surface area contributed by atoms with Crippen LogP contribution in [0, 0.1) is 0 Å². The van der Waals surface area contributed by atoms with Crippen molar-refractivity contribution in [1.29, 1.82) is 0 Å². The molecule has 0 aromatic carbocycles. The van der Waals surface area contributed by atoms with E-state index in [1.807, 2.05) is 0 Å². The Morgan fingerprint density at radius 3 is 2.36 bits per heavy atom. The predicted molar refractivity (Wildman–Crippen MR) is 38.6 cm³/mol. The molecule has 0 aliphatic carbocycles. The standard InChI is InChI=1S/C4H11N3O3S/c5-11(8,9)10-7-3-1-6-2-4-7/h6H,1-4H2,(H2,5,8,9). The number of hydrogen-bond donors (Lipinski definition) is 2. The minimum atomic E-state index is -3.83. The van der Waals surface area contributed by atoms with E-state index >= 15 is 0 Å². The Bertz CT molecular complexity index is 209. The Labute approximate surface area is 65.5 Å². The molecule has 1 fully saturated rings. The van der Waals surface area contributed by atoms with E-state index in [1.165, 1.54) is 5.06 Å². The molecular formula is C4H11N3O3S. The quantitative estimate of drug-likeness (QED) is 0.516. The van der Waals surface area contributed by atoms with E-state index in [2.05, 4.69) is 14.7 Å². The summed E-state index contributed by atoms with van der Waals surface area (Å²) >= 11 is 0. The van der Waals surface area contributed by atoms with Crippen molar-refractivity contribution < 1.29 is 12.7 Å². The molecule has 0 aromatic heterocycles. The normalized spacial score (nSPS) is 21.9. The summed E-state index contributed by atoms with van der Waals surface area (Å²) in [5, 5.41) is 9.02. The highest BCUT2D eigenvalue weighted by Crippen LogP contribution is 1.95. The van der Waals surface area contributed by atoms with Crippen LogP contribution in [0.3, 0.4) is 0 Å². The highest BCUT2D eigenvalue weighted by molar-refractivity contribution is 7.84. The van der Waals surface area contributed by atoms with E-state index in [4.69, 9.17) is 0 Å². The van der Waals surface area contributed by atoms with E-state index in [0.717, 1.165) is 13.1 Å². The molecule has 1 aliphatic rings. The van der Waals surface area contributed by atoms with Crippen molar-refractivity contribution in [3.63, 3.8) is 0 Å². The Balaban J connectivity index is 2.36. The van der Waals surface area contributed by atoms with Gasteiger partial charge in [-0.2, -0.15) is 17.8 Å². The molecule has 0 amide bonds. The van der Waals surface area contributed by atoms with Gasteiger partial charge in [0.1, 0.15) is 0 Å². The average Bonchev–Trinajstić information content (AvgIpc) is 1.85. The Kier molecular flexibility index (Phi) is 2.79. The Hall–Kier alpha value is -0.210. The van der Waals surface area contributed by atoms with Gasteiger partial charge in [-0.3, -0.25) is 0 Å². The van der Waals surface area contributed by atoms with E-state index < -0.39 is 10.3 Å². The number of nitrogens with two attached hydrogens (primary N) is 1. The fraction of sp³-hybridized carbons (Fsp3) is 1.00. The molecule has 0 bridgehead atoms. The van der Waals surface area contributed by atoms with Crippen LogP contribution < -0.4 is 10.5 Å². The number of rotatable bonds is 2. The summed E-state index contributed by atoms with van der Waals surface area (Å²) in [6.07, 6.45) is 0. The average molecular weight is 181 g/mol. The maximum atomic E-state index is 10.4. The second-order valence-electron chi connectivity index (χ2n) is 2.25.